The summed E-state index contributed by atoms with van der Waals surface area (Å²) in [6, 6.07) is 8.11. The summed E-state index contributed by atoms with van der Waals surface area (Å²) in [6.07, 6.45) is 1.98. The zero-order valence-corrected chi connectivity index (χ0v) is 11.2. The molecule has 0 radical (unpaired) electrons. The van der Waals surface area contributed by atoms with Crippen molar-refractivity contribution in [3.8, 4) is 0 Å². The maximum atomic E-state index is 12.2. The first-order valence-electron chi connectivity index (χ1n) is 6.98. The van der Waals surface area contributed by atoms with E-state index in [-0.39, 0.29) is 18.0 Å². The van der Waals surface area contributed by atoms with Gasteiger partial charge in [-0.3, -0.25) is 4.79 Å². The van der Waals surface area contributed by atoms with Gasteiger partial charge in [-0.05, 0) is 30.4 Å². The summed E-state index contributed by atoms with van der Waals surface area (Å²) < 4.78 is 0. The first-order valence-corrected chi connectivity index (χ1v) is 6.98. The Hall–Kier alpha value is -2.04. The molecule has 5 nitrogen and oxygen atoms in total. The van der Waals surface area contributed by atoms with Gasteiger partial charge in [0, 0.05) is 19.1 Å². The molecule has 0 aromatic heterocycles. The number of carbonyl (C=O) groups is 2. The Labute approximate surface area is 117 Å². The summed E-state index contributed by atoms with van der Waals surface area (Å²) in [5.41, 5.74) is 2.51. The fourth-order valence-electron chi connectivity index (χ4n) is 2.87. The summed E-state index contributed by atoms with van der Waals surface area (Å²) in [5, 5.41) is 11.7. The molecule has 1 heterocycles. The van der Waals surface area contributed by atoms with E-state index >= 15 is 0 Å². The van der Waals surface area contributed by atoms with Crippen LogP contribution in [0.15, 0.2) is 24.3 Å². The molecule has 0 saturated heterocycles. The number of fused-ring (bicyclic) bond motifs is 1. The molecular weight excluding hydrogens is 256 g/mol. The van der Waals surface area contributed by atoms with Crippen molar-refractivity contribution < 1.29 is 14.7 Å². The Kier molecular flexibility index (Phi) is 3.34. The molecule has 1 saturated carbocycles. The van der Waals surface area contributed by atoms with Gasteiger partial charge in [0.25, 0.3) is 0 Å². The molecule has 1 aromatic carbocycles. The van der Waals surface area contributed by atoms with Crippen molar-refractivity contribution in [1.82, 2.24) is 10.2 Å². The van der Waals surface area contributed by atoms with E-state index in [0.29, 0.717) is 19.4 Å². The lowest BCUT2D eigenvalue weighted by molar-refractivity contribution is -0.145. The molecule has 0 spiro atoms. The molecule has 1 aromatic rings. The minimum absolute atomic E-state index is 0.0146. The van der Waals surface area contributed by atoms with Crippen LogP contribution < -0.4 is 5.32 Å². The van der Waals surface area contributed by atoms with E-state index < -0.39 is 5.97 Å². The maximum Gasteiger partial charge on any atom is 0.317 e. The third-order valence-corrected chi connectivity index (χ3v) is 4.23. The van der Waals surface area contributed by atoms with Crippen LogP contribution in [0, 0.1) is 5.92 Å². The average Bonchev–Trinajstić information content (AvgIpc) is 2.41. The summed E-state index contributed by atoms with van der Waals surface area (Å²) >= 11 is 0. The van der Waals surface area contributed by atoms with Crippen molar-refractivity contribution in [2.24, 2.45) is 5.92 Å². The number of carboxylic acid groups (broad SMARTS) is 1. The Bertz CT molecular complexity index is 538. The number of amides is 2. The smallest absolute Gasteiger partial charge is 0.317 e. The van der Waals surface area contributed by atoms with Gasteiger partial charge >= 0.3 is 12.0 Å². The van der Waals surface area contributed by atoms with E-state index in [9.17, 15) is 9.59 Å². The normalized spacial score (nSPS) is 24.5. The SMILES string of the molecule is O=C(O)C1CC(NC(=O)N2CCc3ccccc3C2)C1. The quantitative estimate of drug-likeness (QED) is 0.861. The van der Waals surface area contributed by atoms with Crippen LogP contribution >= 0.6 is 0 Å². The van der Waals surface area contributed by atoms with Crippen LogP contribution in [0.3, 0.4) is 0 Å². The number of hydrogen-bond acceptors (Lipinski definition) is 2. The van der Waals surface area contributed by atoms with Crippen LogP contribution in [-0.4, -0.2) is 34.6 Å². The van der Waals surface area contributed by atoms with E-state index in [4.69, 9.17) is 5.11 Å². The predicted molar refractivity (Wildman–Crippen MR) is 73.2 cm³/mol. The van der Waals surface area contributed by atoms with Crippen LogP contribution in [0.1, 0.15) is 24.0 Å². The highest BCUT2D eigenvalue weighted by Crippen LogP contribution is 2.28. The second-order valence-electron chi connectivity index (χ2n) is 5.59. The lowest BCUT2D eigenvalue weighted by atomic mass is 9.80. The molecular formula is C15H18N2O3. The van der Waals surface area contributed by atoms with E-state index in [1.54, 1.807) is 4.90 Å². The lowest BCUT2D eigenvalue weighted by Crippen LogP contribution is -2.52. The number of benzene rings is 1. The molecule has 0 atom stereocenters. The minimum atomic E-state index is -0.762. The van der Waals surface area contributed by atoms with Crippen LogP contribution in [-0.2, 0) is 17.8 Å². The number of carboxylic acids is 1. The zero-order valence-electron chi connectivity index (χ0n) is 11.2. The third kappa shape index (κ3) is 2.48. The number of rotatable bonds is 2. The van der Waals surface area contributed by atoms with Gasteiger partial charge in [-0.2, -0.15) is 0 Å². The molecule has 5 heteroatoms. The zero-order chi connectivity index (χ0) is 14.1. The molecule has 1 aliphatic carbocycles. The van der Waals surface area contributed by atoms with E-state index in [1.165, 1.54) is 11.1 Å². The van der Waals surface area contributed by atoms with Gasteiger partial charge in [-0.25, -0.2) is 4.79 Å². The molecule has 20 heavy (non-hydrogen) atoms. The summed E-state index contributed by atoms with van der Waals surface area (Å²) in [5.74, 6) is -1.05. The van der Waals surface area contributed by atoms with Gasteiger partial charge in [-0.1, -0.05) is 24.3 Å². The summed E-state index contributed by atoms with van der Waals surface area (Å²) in [7, 11) is 0. The molecule has 2 amide bonds. The second-order valence-corrected chi connectivity index (χ2v) is 5.59. The topological polar surface area (TPSA) is 69.6 Å². The van der Waals surface area contributed by atoms with Crippen LogP contribution in [0.5, 0.6) is 0 Å². The van der Waals surface area contributed by atoms with Crippen LogP contribution in [0.25, 0.3) is 0 Å². The summed E-state index contributed by atoms with van der Waals surface area (Å²) in [6.45, 7) is 1.36. The minimum Gasteiger partial charge on any atom is -0.481 e. The Morgan fingerprint density at radius 2 is 1.90 bits per heavy atom. The average molecular weight is 274 g/mol. The highest BCUT2D eigenvalue weighted by molar-refractivity contribution is 5.76. The molecule has 0 bridgehead atoms. The van der Waals surface area contributed by atoms with Crippen molar-refractivity contribution in [2.45, 2.75) is 31.8 Å². The van der Waals surface area contributed by atoms with Crippen molar-refractivity contribution in [2.75, 3.05) is 6.54 Å². The standard InChI is InChI=1S/C15H18N2O3/c18-14(19)12-7-13(8-12)16-15(20)17-6-5-10-3-1-2-4-11(10)9-17/h1-4,12-13H,5-9H2,(H,16,20)(H,18,19). The Morgan fingerprint density at radius 1 is 1.20 bits per heavy atom. The number of nitrogens with one attached hydrogen (secondary N) is 1. The highest BCUT2D eigenvalue weighted by atomic mass is 16.4. The molecule has 106 valence electrons. The van der Waals surface area contributed by atoms with E-state index in [2.05, 4.69) is 17.4 Å². The predicted octanol–water partition coefficient (Wildman–Crippen LogP) is 1.62. The number of urea groups is 1. The van der Waals surface area contributed by atoms with Gasteiger partial charge in [0.05, 0.1) is 5.92 Å². The summed E-state index contributed by atoms with van der Waals surface area (Å²) in [4.78, 5) is 24.7. The van der Waals surface area contributed by atoms with Gasteiger partial charge in [0.15, 0.2) is 0 Å². The molecule has 3 rings (SSSR count). The first kappa shape index (κ1) is 13.0. The van der Waals surface area contributed by atoms with E-state index in [1.807, 2.05) is 12.1 Å². The van der Waals surface area contributed by atoms with Gasteiger partial charge < -0.3 is 15.3 Å². The molecule has 1 aliphatic heterocycles. The van der Waals surface area contributed by atoms with Crippen molar-refractivity contribution in [3.63, 3.8) is 0 Å². The second kappa shape index (κ2) is 5.15. The van der Waals surface area contributed by atoms with Gasteiger partial charge in [0.2, 0.25) is 0 Å². The van der Waals surface area contributed by atoms with Gasteiger partial charge in [-0.15, -0.1) is 0 Å². The monoisotopic (exact) mass is 274 g/mol. The maximum absolute atomic E-state index is 12.2. The lowest BCUT2D eigenvalue weighted by Gasteiger charge is -2.36. The van der Waals surface area contributed by atoms with Crippen LogP contribution in [0.4, 0.5) is 4.79 Å². The largest absolute Gasteiger partial charge is 0.481 e. The molecule has 2 N–H and O–H groups in total. The number of nitrogens with zero attached hydrogens (tertiary/aromatic N) is 1. The number of aliphatic carboxylic acids is 1. The number of hydrogen-bond donors (Lipinski definition) is 2. The molecule has 0 unspecified atom stereocenters. The van der Waals surface area contributed by atoms with Gasteiger partial charge in [0.1, 0.15) is 0 Å². The van der Waals surface area contributed by atoms with Crippen molar-refractivity contribution >= 4 is 12.0 Å². The fraction of sp³-hybridized carbons (Fsp3) is 0.467. The fourth-order valence-corrected chi connectivity index (χ4v) is 2.87. The van der Waals surface area contributed by atoms with Crippen molar-refractivity contribution in [3.05, 3.63) is 35.4 Å². The first-order chi connectivity index (χ1) is 9.63. The third-order valence-electron chi connectivity index (χ3n) is 4.23. The molecule has 1 fully saturated rings. The number of carbonyl (C=O) groups excluding carboxylic acids is 1. The Balaban J connectivity index is 1.54. The van der Waals surface area contributed by atoms with Crippen LogP contribution in [0.2, 0.25) is 0 Å². The highest BCUT2D eigenvalue weighted by Gasteiger charge is 2.36. The molecule has 2 aliphatic rings. The Morgan fingerprint density at radius 3 is 2.60 bits per heavy atom. The van der Waals surface area contributed by atoms with Crippen molar-refractivity contribution in [1.29, 1.82) is 0 Å². The van der Waals surface area contributed by atoms with E-state index in [0.717, 1.165) is 13.0 Å².